The molecule has 30 heavy (non-hydrogen) atoms. The SMILES string of the molecule is COc1ccc([C@H](NC(=O)CCN2C(=O)N[C@@H]3NC(=O)N[C@@H]32)c2ccccc2)cc1. The summed E-state index contributed by atoms with van der Waals surface area (Å²) in [6, 6.07) is 16.2. The van der Waals surface area contributed by atoms with Crippen molar-refractivity contribution in [2.45, 2.75) is 24.8 Å². The summed E-state index contributed by atoms with van der Waals surface area (Å²) in [6.45, 7) is 0.185. The summed E-state index contributed by atoms with van der Waals surface area (Å²) < 4.78 is 5.22. The van der Waals surface area contributed by atoms with Gasteiger partial charge >= 0.3 is 12.1 Å². The van der Waals surface area contributed by atoms with Gasteiger partial charge in [-0.1, -0.05) is 42.5 Å². The van der Waals surface area contributed by atoms with E-state index in [-0.39, 0.29) is 37.0 Å². The molecule has 4 N–H and O–H groups in total. The lowest BCUT2D eigenvalue weighted by Gasteiger charge is -2.23. The molecule has 4 rings (SSSR count). The molecule has 0 radical (unpaired) electrons. The molecule has 0 unspecified atom stereocenters. The molecular formula is C21H23N5O4. The molecule has 2 heterocycles. The molecule has 5 amide bonds. The lowest BCUT2D eigenvalue weighted by atomic mass is 9.98. The van der Waals surface area contributed by atoms with Gasteiger partial charge in [0.15, 0.2) is 0 Å². The summed E-state index contributed by atoms with van der Waals surface area (Å²) >= 11 is 0. The van der Waals surface area contributed by atoms with Crippen LogP contribution in [0.2, 0.25) is 0 Å². The topological polar surface area (TPSA) is 112 Å². The van der Waals surface area contributed by atoms with Gasteiger partial charge in [0.2, 0.25) is 5.91 Å². The number of hydrogen-bond donors (Lipinski definition) is 4. The van der Waals surface area contributed by atoms with Crippen molar-refractivity contribution in [2.24, 2.45) is 0 Å². The van der Waals surface area contributed by atoms with E-state index >= 15 is 0 Å². The quantitative estimate of drug-likeness (QED) is 0.552. The van der Waals surface area contributed by atoms with E-state index in [4.69, 9.17) is 4.74 Å². The van der Waals surface area contributed by atoms with Crippen LogP contribution in [0.15, 0.2) is 54.6 Å². The van der Waals surface area contributed by atoms with Crippen molar-refractivity contribution in [1.82, 2.24) is 26.2 Å². The summed E-state index contributed by atoms with van der Waals surface area (Å²) in [6.07, 6.45) is -0.875. The number of benzene rings is 2. The molecule has 2 aliphatic rings. The summed E-state index contributed by atoms with van der Waals surface area (Å²) in [5, 5.41) is 11.0. The highest BCUT2D eigenvalue weighted by molar-refractivity contribution is 5.85. The van der Waals surface area contributed by atoms with Gasteiger partial charge in [0, 0.05) is 13.0 Å². The molecule has 9 heteroatoms. The van der Waals surface area contributed by atoms with Crippen molar-refractivity contribution in [3.8, 4) is 5.75 Å². The van der Waals surface area contributed by atoms with Crippen LogP contribution in [0.1, 0.15) is 23.6 Å². The number of rotatable bonds is 7. The molecule has 9 nitrogen and oxygen atoms in total. The average Bonchev–Trinajstić information content (AvgIpc) is 3.25. The number of nitrogens with zero attached hydrogens (tertiary/aromatic N) is 1. The van der Waals surface area contributed by atoms with Crippen LogP contribution in [0.3, 0.4) is 0 Å². The highest BCUT2D eigenvalue weighted by Gasteiger charge is 2.45. The Kier molecular flexibility index (Phi) is 5.42. The van der Waals surface area contributed by atoms with E-state index in [9.17, 15) is 14.4 Å². The Hall–Kier alpha value is -3.75. The van der Waals surface area contributed by atoms with Crippen LogP contribution < -0.4 is 26.0 Å². The number of nitrogens with one attached hydrogen (secondary N) is 4. The number of carbonyl (C=O) groups excluding carboxylic acids is 3. The first kappa shape index (κ1) is 19.6. The van der Waals surface area contributed by atoms with Crippen LogP contribution in [-0.4, -0.2) is 48.9 Å². The van der Waals surface area contributed by atoms with Crippen molar-refractivity contribution in [2.75, 3.05) is 13.7 Å². The summed E-state index contributed by atoms with van der Waals surface area (Å²) in [5.41, 5.74) is 1.86. The molecule has 2 aromatic carbocycles. The molecule has 2 saturated heterocycles. The van der Waals surface area contributed by atoms with Gasteiger partial charge in [-0.25, -0.2) is 9.59 Å². The van der Waals surface area contributed by atoms with E-state index in [0.29, 0.717) is 0 Å². The zero-order valence-corrected chi connectivity index (χ0v) is 16.4. The Balaban J connectivity index is 1.44. The fourth-order valence-electron chi connectivity index (χ4n) is 3.69. The lowest BCUT2D eigenvalue weighted by molar-refractivity contribution is -0.121. The van der Waals surface area contributed by atoms with E-state index in [1.165, 1.54) is 4.90 Å². The molecule has 0 aliphatic carbocycles. The van der Waals surface area contributed by atoms with Crippen molar-refractivity contribution in [3.63, 3.8) is 0 Å². The van der Waals surface area contributed by atoms with Gasteiger partial charge in [0.05, 0.1) is 13.2 Å². The first-order valence-corrected chi connectivity index (χ1v) is 9.67. The number of carbonyl (C=O) groups is 3. The van der Waals surface area contributed by atoms with Crippen LogP contribution in [0, 0.1) is 0 Å². The molecule has 0 spiro atoms. The van der Waals surface area contributed by atoms with Gasteiger partial charge < -0.3 is 26.0 Å². The van der Waals surface area contributed by atoms with Gasteiger partial charge in [0.25, 0.3) is 0 Å². The maximum atomic E-state index is 12.7. The van der Waals surface area contributed by atoms with Crippen molar-refractivity contribution >= 4 is 18.0 Å². The minimum atomic E-state index is -0.496. The number of fused-ring (bicyclic) bond motifs is 1. The Morgan fingerprint density at radius 2 is 1.73 bits per heavy atom. The van der Waals surface area contributed by atoms with Crippen LogP contribution >= 0.6 is 0 Å². The molecule has 0 saturated carbocycles. The molecule has 2 fully saturated rings. The summed E-state index contributed by atoms with van der Waals surface area (Å²) in [4.78, 5) is 37.8. The Labute approximate surface area is 173 Å². The van der Waals surface area contributed by atoms with Crippen LogP contribution in [0.25, 0.3) is 0 Å². The maximum Gasteiger partial charge on any atom is 0.320 e. The van der Waals surface area contributed by atoms with E-state index in [2.05, 4.69) is 21.3 Å². The summed E-state index contributed by atoms with van der Waals surface area (Å²) in [7, 11) is 1.60. The normalized spacial score (nSPS) is 20.6. The van der Waals surface area contributed by atoms with E-state index in [1.54, 1.807) is 7.11 Å². The smallest absolute Gasteiger partial charge is 0.320 e. The molecule has 2 aromatic rings. The molecule has 0 aromatic heterocycles. The van der Waals surface area contributed by atoms with Gasteiger partial charge in [-0.2, -0.15) is 0 Å². The second-order valence-electron chi connectivity index (χ2n) is 7.12. The third kappa shape index (κ3) is 4.00. The van der Waals surface area contributed by atoms with Gasteiger partial charge in [-0.15, -0.1) is 0 Å². The number of hydrogen-bond acceptors (Lipinski definition) is 4. The zero-order chi connectivity index (χ0) is 21.1. The third-order valence-corrected chi connectivity index (χ3v) is 5.22. The van der Waals surface area contributed by atoms with Crippen molar-refractivity contribution < 1.29 is 19.1 Å². The molecular weight excluding hydrogens is 386 g/mol. The monoisotopic (exact) mass is 409 g/mol. The first-order chi connectivity index (χ1) is 14.5. The first-order valence-electron chi connectivity index (χ1n) is 9.67. The Morgan fingerprint density at radius 3 is 2.43 bits per heavy atom. The van der Waals surface area contributed by atoms with Crippen molar-refractivity contribution in [1.29, 1.82) is 0 Å². The second kappa shape index (κ2) is 8.32. The van der Waals surface area contributed by atoms with Crippen molar-refractivity contribution in [3.05, 3.63) is 65.7 Å². The molecule has 0 bridgehead atoms. The van der Waals surface area contributed by atoms with Gasteiger partial charge in [-0.3, -0.25) is 9.69 Å². The molecule has 2 aliphatic heterocycles. The van der Waals surface area contributed by atoms with E-state index < -0.39 is 12.3 Å². The fourth-order valence-corrected chi connectivity index (χ4v) is 3.69. The molecule has 156 valence electrons. The van der Waals surface area contributed by atoms with Gasteiger partial charge in [-0.05, 0) is 23.3 Å². The minimum Gasteiger partial charge on any atom is -0.497 e. The second-order valence-corrected chi connectivity index (χ2v) is 7.12. The van der Waals surface area contributed by atoms with E-state index in [1.807, 2.05) is 54.6 Å². The zero-order valence-electron chi connectivity index (χ0n) is 16.4. The highest BCUT2D eigenvalue weighted by Crippen LogP contribution is 2.24. The number of amides is 5. The largest absolute Gasteiger partial charge is 0.497 e. The number of ether oxygens (including phenoxy) is 1. The van der Waals surface area contributed by atoms with Crippen LogP contribution in [0.5, 0.6) is 5.75 Å². The lowest BCUT2D eigenvalue weighted by Crippen LogP contribution is -2.45. The Morgan fingerprint density at radius 1 is 1.03 bits per heavy atom. The molecule has 3 atom stereocenters. The maximum absolute atomic E-state index is 12.7. The summed E-state index contributed by atoms with van der Waals surface area (Å²) in [5.74, 6) is 0.534. The highest BCUT2D eigenvalue weighted by atomic mass is 16.5. The van der Waals surface area contributed by atoms with E-state index in [0.717, 1.165) is 16.9 Å². The minimum absolute atomic E-state index is 0.103. The predicted molar refractivity (Wildman–Crippen MR) is 109 cm³/mol. The average molecular weight is 409 g/mol. The van der Waals surface area contributed by atoms with Gasteiger partial charge in [0.1, 0.15) is 18.1 Å². The predicted octanol–water partition coefficient (Wildman–Crippen LogP) is 1.28. The fraction of sp³-hybridized carbons (Fsp3) is 0.286. The third-order valence-electron chi connectivity index (χ3n) is 5.22. The van der Waals surface area contributed by atoms with Crippen LogP contribution in [-0.2, 0) is 4.79 Å². The number of methoxy groups -OCH3 is 1. The number of urea groups is 2. The Bertz CT molecular complexity index is 934. The van der Waals surface area contributed by atoms with Crippen LogP contribution in [0.4, 0.5) is 9.59 Å². The standard InChI is InChI=1S/C21H23N5O4/c1-30-15-9-7-14(8-10-15)17(13-5-3-2-4-6-13)22-16(27)11-12-26-19-18(24-21(26)29)23-20(28)25-19/h2-10,17-19H,11-12H2,1H3,(H,22,27)(H,24,29)(H2,23,25,28)/t17-,18+,19-/m1/s1.